The summed E-state index contributed by atoms with van der Waals surface area (Å²) in [5, 5.41) is 3.16. The molecule has 3 heteroatoms. The lowest BCUT2D eigenvalue weighted by Crippen LogP contribution is -2.07. The Labute approximate surface area is 112 Å². The summed E-state index contributed by atoms with van der Waals surface area (Å²) in [6.07, 6.45) is 1.37. The van der Waals surface area contributed by atoms with E-state index < -0.39 is 0 Å². The number of nitrogens with two attached hydrogens (primary N) is 1. The molecule has 0 heterocycles. The Morgan fingerprint density at radius 1 is 1.22 bits per heavy atom. The molecule has 0 aliphatic rings. The van der Waals surface area contributed by atoms with E-state index in [0.717, 1.165) is 18.9 Å². The molecular weight excluding hydrogens is 224 g/mol. The number of aryl methyl sites for hydroxylation is 1. The lowest BCUT2D eigenvalue weighted by atomic mass is 10.1. The third kappa shape index (κ3) is 12.7. The first-order chi connectivity index (χ1) is 8.53. The molecule has 0 aliphatic heterocycles. The van der Waals surface area contributed by atoms with Gasteiger partial charge in [-0.15, -0.1) is 0 Å². The molecule has 0 aliphatic carbocycles. The van der Waals surface area contributed by atoms with Crippen LogP contribution >= 0.6 is 0 Å². The van der Waals surface area contributed by atoms with Gasteiger partial charge in [-0.25, -0.2) is 0 Å². The molecule has 0 radical (unpaired) electrons. The Bertz CT molecular complexity index is 296. The predicted molar refractivity (Wildman–Crippen MR) is 79.3 cm³/mol. The van der Waals surface area contributed by atoms with Crippen LogP contribution in [0.1, 0.15) is 38.8 Å². The Morgan fingerprint density at radius 2 is 1.61 bits per heavy atom. The van der Waals surface area contributed by atoms with Gasteiger partial charge in [-0.05, 0) is 30.5 Å². The van der Waals surface area contributed by atoms with Crippen LogP contribution in [0.2, 0.25) is 0 Å². The fraction of sp³-hybridized carbons (Fsp3) is 0.533. The van der Waals surface area contributed by atoms with Crippen molar-refractivity contribution in [3.8, 4) is 0 Å². The van der Waals surface area contributed by atoms with Gasteiger partial charge in [-0.1, -0.05) is 52.0 Å². The Hall–Kier alpha value is -1.35. The summed E-state index contributed by atoms with van der Waals surface area (Å²) in [5.74, 6) is 0.833. The van der Waals surface area contributed by atoms with Gasteiger partial charge in [0.1, 0.15) is 0 Å². The van der Waals surface area contributed by atoms with Crippen molar-refractivity contribution in [2.45, 2.75) is 40.7 Å². The van der Waals surface area contributed by atoms with Gasteiger partial charge in [0, 0.05) is 6.54 Å². The summed E-state index contributed by atoms with van der Waals surface area (Å²) in [4.78, 5) is 8.58. The number of rotatable bonds is 3. The first-order valence-electron chi connectivity index (χ1n) is 6.40. The number of benzene rings is 1. The zero-order chi connectivity index (χ0) is 14.4. The van der Waals surface area contributed by atoms with Gasteiger partial charge in [0.25, 0.3) is 0 Å². The Kier molecular flexibility index (Phi) is 14.5. The minimum absolute atomic E-state index is 0.250. The van der Waals surface area contributed by atoms with E-state index in [2.05, 4.69) is 63.0 Å². The highest BCUT2D eigenvalue weighted by atomic mass is 16.1. The van der Waals surface area contributed by atoms with Crippen LogP contribution in [0.5, 0.6) is 0 Å². The number of hydrogen-bond donors (Lipinski definition) is 2. The molecule has 3 N–H and O–H groups in total. The molecule has 0 aromatic heterocycles. The van der Waals surface area contributed by atoms with E-state index in [9.17, 15) is 0 Å². The molecule has 1 aromatic rings. The predicted octanol–water partition coefficient (Wildman–Crippen LogP) is 2.73. The average Bonchev–Trinajstić information content (AvgIpc) is 2.30. The third-order valence-electron chi connectivity index (χ3n) is 1.87. The van der Waals surface area contributed by atoms with Crippen LogP contribution < -0.4 is 11.1 Å². The first-order valence-corrected chi connectivity index (χ1v) is 6.40. The molecule has 3 nitrogen and oxygen atoms in total. The summed E-state index contributed by atoms with van der Waals surface area (Å²) in [7, 11) is 1.98. The molecule has 18 heavy (non-hydrogen) atoms. The van der Waals surface area contributed by atoms with Crippen LogP contribution in [0.25, 0.3) is 0 Å². The summed E-state index contributed by atoms with van der Waals surface area (Å²) in [6.45, 7) is 9.67. The second kappa shape index (κ2) is 13.7. The fourth-order valence-electron chi connectivity index (χ4n) is 1.27. The average molecular weight is 252 g/mol. The van der Waals surface area contributed by atoms with Crippen LogP contribution in [0.3, 0.4) is 0 Å². The highest BCUT2D eigenvalue weighted by molar-refractivity contribution is 5.42. The zero-order valence-corrected chi connectivity index (χ0v) is 12.4. The smallest absolute Gasteiger partial charge is 0.204 e. The van der Waals surface area contributed by atoms with Crippen LogP contribution in [-0.4, -0.2) is 13.5 Å². The molecule has 0 saturated carbocycles. The van der Waals surface area contributed by atoms with Gasteiger partial charge < -0.3 is 11.1 Å². The van der Waals surface area contributed by atoms with E-state index in [4.69, 9.17) is 4.79 Å². The number of hydrogen-bond acceptors (Lipinski definition) is 2. The highest BCUT2D eigenvalue weighted by Gasteiger charge is 1.95. The molecule has 0 spiro atoms. The Morgan fingerprint density at radius 3 is 1.94 bits per heavy atom. The normalized spacial score (nSPS) is 8.78. The van der Waals surface area contributed by atoms with Crippen molar-refractivity contribution in [2.75, 3.05) is 7.05 Å². The minimum atomic E-state index is 0.250. The number of primary amides is 1. The molecule has 104 valence electrons. The topological polar surface area (TPSA) is 55.1 Å². The molecule has 0 bridgehead atoms. The van der Waals surface area contributed by atoms with Crippen molar-refractivity contribution in [3.05, 3.63) is 35.4 Å². The van der Waals surface area contributed by atoms with Crippen molar-refractivity contribution in [1.82, 2.24) is 5.32 Å². The molecule has 1 rings (SSSR count). The van der Waals surface area contributed by atoms with Gasteiger partial charge in [-0.3, -0.25) is 4.79 Å². The van der Waals surface area contributed by atoms with Crippen molar-refractivity contribution >= 4 is 6.41 Å². The molecule has 0 unspecified atom stereocenters. The van der Waals surface area contributed by atoms with E-state index >= 15 is 0 Å². The van der Waals surface area contributed by atoms with Crippen molar-refractivity contribution < 1.29 is 4.79 Å². The molecule has 0 fully saturated rings. The quantitative estimate of drug-likeness (QED) is 0.813. The molecular formula is C15H28N2O. The highest BCUT2D eigenvalue weighted by Crippen LogP contribution is 2.08. The van der Waals surface area contributed by atoms with E-state index in [1.165, 1.54) is 11.1 Å². The number of carbonyl (C=O) groups is 1. The minimum Gasteiger partial charge on any atom is -0.372 e. The van der Waals surface area contributed by atoms with E-state index in [-0.39, 0.29) is 6.41 Å². The molecule has 1 aromatic carbocycles. The molecule has 0 atom stereocenters. The van der Waals surface area contributed by atoms with E-state index in [1.807, 2.05) is 7.05 Å². The van der Waals surface area contributed by atoms with Gasteiger partial charge >= 0.3 is 0 Å². The second-order valence-corrected chi connectivity index (χ2v) is 4.52. The number of amides is 1. The van der Waals surface area contributed by atoms with Crippen LogP contribution in [0, 0.1) is 5.92 Å². The maximum Gasteiger partial charge on any atom is 0.204 e. The summed E-state index contributed by atoms with van der Waals surface area (Å²) < 4.78 is 0. The maximum absolute atomic E-state index is 8.58. The number of carbonyl (C=O) groups excluding carboxylic acids is 1. The van der Waals surface area contributed by atoms with Gasteiger partial charge in [0.2, 0.25) is 6.41 Å². The lowest BCUT2D eigenvalue weighted by Gasteiger charge is -2.05. The van der Waals surface area contributed by atoms with Crippen molar-refractivity contribution in [2.24, 2.45) is 11.7 Å². The van der Waals surface area contributed by atoms with E-state index in [0.29, 0.717) is 0 Å². The van der Waals surface area contributed by atoms with Gasteiger partial charge in [-0.2, -0.15) is 0 Å². The summed E-state index contributed by atoms with van der Waals surface area (Å²) >= 11 is 0. The van der Waals surface area contributed by atoms with Crippen LogP contribution in [-0.2, 0) is 17.8 Å². The standard InChI is InChI=1S/C10H15N.C4H10.CH3NO/c1-3-9-6-4-5-7-10(9)8-11-2;1-4(2)3;2-1-3/h4-7,11H,3,8H2,1-2H3;4H,1-3H3;1H,(H2,2,3). The molecule has 0 saturated heterocycles. The SMILES string of the molecule is CC(C)C.CCc1ccccc1CNC.NC=O. The summed E-state index contributed by atoms with van der Waals surface area (Å²) in [6, 6.07) is 8.55. The molecule has 1 amide bonds. The summed E-state index contributed by atoms with van der Waals surface area (Å²) in [5.41, 5.74) is 7.03. The van der Waals surface area contributed by atoms with Gasteiger partial charge in [0.15, 0.2) is 0 Å². The van der Waals surface area contributed by atoms with Crippen LogP contribution in [0.4, 0.5) is 0 Å². The monoisotopic (exact) mass is 252 g/mol. The fourth-order valence-corrected chi connectivity index (χ4v) is 1.27. The van der Waals surface area contributed by atoms with Gasteiger partial charge in [0.05, 0.1) is 0 Å². The van der Waals surface area contributed by atoms with E-state index in [1.54, 1.807) is 0 Å². The maximum atomic E-state index is 8.58. The first kappa shape index (κ1) is 19.0. The zero-order valence-electron chi connectivity index (χ0n) is 12.4. The number of nitrogens with one attached hydrogen (secondary N) is 1. The lowest BCUT2D eigenvalue weighted by molar-refractivity contribution is -0.106. The third-order valence-corrected chi connectivity index (χ3v) is 1.87. The van der Waals surface area contributed by atoms with Crippen molar-refractivity contribution in [3.63, 3.8) is 0 Å². The second-order valence-electron chi connectivity index (χ2n) is 4.52. The Balaban J connectivity index is 0. The largest absolute Gasteiger partial charge is 0.372 e. The van der Waals surface area contributed by atoms with Crippen molar-refractivity contribution in [1.29, 1.82) is 0 Å². The van der Waals surface area contributed by atoms with Crippen LogP contribution in [0.15, 0.2) is 24.3 Å².